The monoisotopic (exact) mass is 1450 g/mol. The van der Waals surface area contributed by atoms with Crippen LogP contribution in [0.25, 0.3) is 0 Å². The molecule has 0 aromatic heterocycles. The fraction of sp³-hybridized carbons (Fsp3) is 0.950. The first-order valence-corrected chi connectivity index (χ1v) is 44.8. The molecule has 0 saturated heterocycles. The molecule has 0 spiro atoms. The number of carbonyl (C=O) groups excluding carboxylic acids is 4. The number of ether oxygens (including phenoxy) is 4. The zero-order valence-electron chi connectivity index (χ0n) is 64.5. The third kappa shape index (κ3) is 74.1. The topological polar surface area (TPSA) is 237 Å². The van der Waals surface area contributed by atoms with Gasteiger partial charge in [0.1, 0.15) is 19.3 Å². The first kappa shape index (κ1) is 97.1. The Kier molecular flexibility index (Phi) is 72.9. The van der Waals surface area contributed by atoms with Gasteiger partial charge in [0.2, 0.25) is 0 Å². The maximum absolute atomic E-state index is 13.1. The molecule has 0 saturated carbocycles. The number of aliphatic hydroxyl groups excluding tert-OH is 1. The number of phosphoric ester groups is 2. The first-order valence-electron chi connectivity index (χ1n) is 41.8. The van der Waals surface area contributed by atoms with Gasteiger partial charge in [0, 0.05) is 25.7 Å². The molecule has 0 aliphatic heterocycles. The maximum atomic E-state index is 13.1. The second-order valence-corrected chi connectivity index (χ2v) is 31.7. The molecule has 99 heavy (non-hydrogen) atoms. The van der Waals surface area contributed by atoms with Crippen molar-refractivity contribution in [2.45, 2.75) is 451 Å². The Hall–Kier alpha value is -1.94. The van der Waals surface area contributed by atoms with Gasteiger partial charge in [0.15, 0.2) is 12.2 Å². The number of esters is 4. The van der Waals surface area contributed by atoms with E-state index in [2.05, 4.69) is 27.7 Å². The van der Waals surface area contributed by atoms with E-state index in [1.165, 1.54) is 263 Å². The van der Waals surface area contributed by atoms with Crippen molar-refractivity contribution in [3.8, 4) is 0 Å². The Balaban J connectivity index is 5.22. The van der Waals surface area contributed by atoms with Crippen LogP contribution in [0.2, 0.25) is 0 Å². The normalized spacial score (nSPS) is 13.8. The summed E-state index contributed by atoms with van der Waals surface area (Å²) in [5, 5.41) is 10.6. The highest BCUT2D eigenvalue weighted by atomic mass is 31.2. The van der Waals surface area contributed by atoms with Crippen molar-refractivity contribution < 1.29 is 80.2 Å². The van der Waals surface area contributed by atoms with Gasteiger partial charge >= 0.3 is 39.5 Å². The molecule has 0 aromatic carbocycles. The minimum atomic E-state index is -4.96. The van der Waals surface area contributed by atoms with Crippen molar-refractivity contribution in [2.24, 2.45) is 0 Å². The van der Waals surface area contributed by atoms with Gasteiger partial charge in [-0.05, 0) is 25.7 Å². The van der Waals surface area contributed by atoms with Gasteiger partial charge in [-0.15, -0.1) is 0 Å². The van der Waals surface area contributed by atoms with Gasteiger partial charge in [-0.25, -0.2) is 9.13 Å². The van der Waals surface area contributed by atoms with Crippen molar-refractivity contribution in [3.63, 3.8) is 0 Å². The SMILES string of the molecule is CCCCCCCCCCCCCCCCCCCCCC(=O)O[C@H](COC(=O)CCCCCCCCCCCCCCCCCCC)COP(=O)(O)OC[C@@H](O)COP(=O)(O)OC[C@@H](COC(=O)CCCCCCCCCCCC)OC(=O)CCCCCCCCCCCCCCC. The van der Waals surface area contributed by atoms with E-state index in [0.29, 0.717) is 25.7 Å². The lowest BCUT2D eigenvalue weighted by Gasteiger charge is -2.21. The summed E-state index contributed by atoms with van der Waals surface area (Å²) in [6, 6.07) is 0. The van der Waals surface area contributed by atoms with E-state index >= 15 is 0 Å². The van der Waals surface area contributed by atoms with Gasteiger partial charge in [0.05, 0.1) is 26.4 Å². The number of phosphoric acid groups is 2. The van der Waals surface area contributed by atoms with Crippen molar-refractivity contribution >= 4 is 39.5 Å². The lowest BCUT2D eigenvalue weighted by Crippen LogP contribution is -2.30. The summed E-state index contributed by atoms with van der Waals surface area (Å²) in [6.07, 6.45) is 66.5. The van der Waals surface area contributed by atoms with Crippen LogP contribution in [-0.2, 0) is 65.4 Å². The van der Waals surface area contributed by atoms with Crippen LogP contribution in [0, 0.1) is 0 Å². The molecule has 19 heteroatoms. The Labute approximate surface area is 607 Å². The predicted octanol–water partition coefficient (Wildman–Crippen LogP) is 24.2. The Morgan fingerprint density at radius 3 is 0.596 bits per heavy atom. The minimum absolute atomic E-state index is 0.108. The molecule has 0 fully saturated rings. The zero-order chi connectivity index (χ0) is 72.5. The number of unbranched alkanes of at least 4 members (excludes halogenated alkanes) is 55. The molecule has 588 valence electrons. The van der Waals surface area contributed by atoms with E-state index in [1.54, 1.807) is 0 Å². The molecule has 2 unspecified atom stereocenters. The van der Waals surface area contributed by atoms with Crippen LogP contribution >= 0.6 is 15.6 Å². The van der Waals surface area contributed by atoms with Crippen LogP contribution < -0.4 is 0 Å². The van der Waals surface area contributed by atoms with Crippen molar-refractivity contribution in [3.05, 3.63) is 0 Å². The number of hydrogen-bond donors (Lipinski definition) is 3. The molecule has 0 radical (unpaired) electrons. The van der Waals surface area contributed by atoms with Gasteiger partial charge in [-0.1, -0.05) is 381 Å². The Bertz CT molecular complexity index is 1880. The van der Waals surface area contributed by atoms with E-state index in [-0.39, 0.29) is 25.7 Å². The highest BCUT2D eigenvalue weighted by Crippen LogP contribution is 2.45. The third-order valence-corrected chi connectivity index (χ3v) is 20.8. The van der Waals surface area contributed by atoms with E-state index in [1.807, 2.05) is 0 Å². The van der Waals surface area contributed by atoms with Gasteiger partial charge in [-0.3, -0.25) is 37.3 Å². The summed E-state index contributed by atoms with van der Waals surface area (Å²) in [4.78, 5) is 73.0. The Morgan fingerprint density at radius 1 is 0.242 bits per heavy atom. The highest BCUT2D eigenvalue weighted by molar-refractivity contribution is 7.47. The molecule has 3 N–H and O–H groups in total. The summed E-state index contributed by atoms with van der Waals surface area (Å²) in [5.74, 6) is -2.10. The van der Waals surface area contributed by atoms with Gasteiger partial charge < -0.3 is 33.8 Å². The second-order valence-electron chi connectivity index (χ2n) is 28.8. The average Bonchev–Trinajstić information content (AvgIpc) is 1.30. The summed E-state index contributed by atoms with van der Waals surface area (Å²) < 4.78 is 68.7. The lowest BCUT2D eigenvalue weighted by atomic mass is 10.0. The molecule has 0 aliphatic carbocycles. The van der Waals surface area contributed by atoms with Crippen LogP contribution in [0.15, 0.2) is 0 Å². The molecular formula is C80H156O17P2. The summed E-state index contributed by atoms with van der Waals surface area (Å²) in [6.45, 7) is 5.02. The smallest absolute Gasteiger partial charge is 0.462 e. The van der Waals surface area contributed by atoms with Crippen LogP contribution in [0.5, 0.6) is 0 Å². The number of hydrogen-bond acceptors (Lipinski definition) is 15. The summed E-state index contributed by atoms with van der Waals surface area (Å²) in [7, 11) is -9.91. The fourth-order valence-corrected chi connectivity index (χ4v) is 14.0. The molecule has 0 amide bonds. The molecule has 0 rings (SSSR count). The van der Waals surface area contributed by atoms with Gasteiger partial charge in [0.25, 0.3) is 0 Å². The summed E-state index contributed by atoms with van der Waals surface area (Å²) >= 11 is 0. The standard InChI is InChI=1S/C80H156O17P2/c1-5-9-13-17-21-25-29-32-34-36-37-39-41-44-47-51-55-59-63-67-80(85)97-76(71-91-78(83)65-61-57-53-49-45-43-40-38-35-33-30-26-22-18-14-10-6-2)73-95-99(88,89)93-69-74(81)68-92-98(86,87)94-72-75(70-90-77(82)64-60-56-52-48-28-24-20-16-12-8-4)96-79(84)66-62-58-54-50-46-42-31-27-23-19-15-11-7-3/h74-76,81H,5-73H2,1-4H3,(H,86,87)(H,88,89)/t74-,75+,76+/m0/s1. The quantitative estimate of drug-likeness (QED) is 0.0222. The van der Waals surface area contributed by atoms with E-state index in [0.717, 1.165) is 89.9 Å². The van der Waals surface area contributed by atoms with E-state index in [9.17, 15) is 43.2 Å². The fourth-order valence-electron chi connectivity index (χ4n) is 12.5. The minimum Gasteiger partial charge on any atom is -0.462 e. The van der Waals surface area contributed by atoms with Crippen molar-refractivity contribution in [1.82, 2.24) is 0 Å². The molecule has 0 aliphatic rings. The number of aliphatic hydroxyl groups is 1. The molecule has 17 nitrogen and oxygen atoms in total. The average molecular weight is 1450 g/mol. The van der Waals surface area contributed by atoms with E-state index < -0.39 is 97.5 Å². The second kappa shape index (κ2) is 74.3. The molecular weight excluding hydrogens is 1290 g/mol. The van der Waals surface area contributed by atoms with Crippen LogP contribution in [-0.4, -0.2) is 96.7 Å². The molecule has 5 atom stereocenters. The zero-order valence-corrected chi connectivity index (χ0v) is 66.3. The highest BCUT2D eigenvalue weighted by Gasteiger charge is 2.30. The molecule has 0 heterocycles. The van der Waals surface area contributed by atoms with Crippen molar-refractivity contribution in [2.75, 3.05) is 39.6 Å². The van der Waals surface area contributed by atoms with Gasteiger partial charge in [-0.2, -0.15) is 0 Å². The lowest BCUT2D eigenvalue weighted by molar-refractivity contribution is -0.161. The third-order valence-electron chi connectivity index (χ3n) is 18.9. The summed E-state index contributed by atoms with van der Waals surface area (Å²) in [5.41, 5.74) is 0. The van der Waals surface area contributed by atoms with Crippen LogP contribution in [0.3, 0.4) is 0 Å². The first-order chi connectivity index (χ1) is 48.2. The maximum Gasteiger partial charge on any atom is 0.472 e. The van der Waals surface area contributed by atoms with Crippen LogP contribution in [0.4, 0.5) is 0 Å². The largest absolute Gasteiger partial charge is 0.472 e. The molecule has 0 bridgehead atoms. The van der Waals surface area contributed by atoms with Crippen LogP contribution in [0.1, 0.15) is 432 Å². The van der Waals surface area contributed by atoms with Crippen molar-refractivity contribution in [1.29, 1.82) is 0 Å². The molecule has 0 aromatic rings. The van der Waals surface area contributed by atoms with E-state index in [4.69, 9.17) is 37.0 Å². The number of carbonyl (C=O) groups is 4. The predicted molar refractivity (Wildman–Crippen MR) is 405 cm³/mol. The number of rotatable bonds is 81. The Morgan fingerprint density at radius 2 is 0.404 bits per heavy atom.